The Labute approximate surface area is 186 Å². The molecular weight excluding hydrogens is 411 g/mol. The van der Waals surface area contributed by atoms with Gasteiger partial charge in [0.25, 0.3) is 0 Å². The topological polar surface area (TPSA) is 60.0 Å². The molecule has 7 heteroatoms. The van der Waals surface area contributed by atoms with Crippen molar-refractivity contribution in [2.45, 2.75) is 19.8 Å². The Morgan fingerprint density at radius 1 is 1.06 bits per heavy atom. The highest BCUT2D eigenvalue weighted by molar-refractivity contribution is 5.89. The van der Waals surface area contributed by atoms with Crippen LogP contribution in [-0.4, -0.2) is 31.2 Å². The van der Waals surface area contributed by atoms with Crippen LogP contribution in [0.15, 0.2) is 66.7 Å². The first-order chi connectivity index (χ1) is 15.6. The molecule has 0 atom stereocenters. The van der Waals surface area contributed by atoms with Crippen molar-refractivity contribution in [1.82, 2.24) is 4.90 Å². The third-order valence-electron chi connectivity index (χ3n) is 5.16. The van der Waals surface area contributed by atoms with E-state index in [9.17, 15) is 9.18 Å². The first kappa shape index (κ1) is 21.6. The maximum atomic E-state index is 13.3. The van der Waals surface area contributed by atoms with Crippen molar-refractivity contribution in [3.63, 3.8) is 0 Å². The van der Waals surface area contributed by atoms with Crippen molar-refractivity contribution in [3.05, 3.63) is 89.2 Å². The average molecular weight is 436 g/mol. The molecule has 0 radical (unpaired) electrons. The molecule has 166 valence electrons. The van der Waals surface area contributed by atoms with Gasteiger partial charge in [-0.1, -0.05) is 18.2 Å². The number of methoxy groups -OCH3 is 1. The molecule has 0 bridgehead atoms. The molecule has 2 amide bonds. The largest absolute Gasteiger partial charge is 0.497 e. The third-order valence-corrected chi connectivity index (χ3v) is 5.16. The van der Waals surface area contributed by atoms with Crippen LogP contribution < -0.4 is 14.8 Å². The molecule has 0 aromatic heterocycles. The minimum atomic E-state index is -0.277. The Kier molecular flexibility index (Phi) is 6.87. The second kappa shape index (κ2) is 10.2. The van der Waals surface area contributed by atoms with Gasteiger partial charge in [-0.3, -0.25) is 0 Å². The molecule has 32 heavy (non-hydrogen) atoms. The van der Waals surface area contributed by atoms with Gasteiger partial charge in [-0.2, -0.15) is 0 Å². The van der Waals surface area contributed by atoms with E-state index >= 15 is 0 Å². The molecule has 3 aromatic rings. The smallest absolute Gasteiger partial charge is 0.322 e. The molecule has 3 aromatic carbocycles. The van der Waals surface area contributed by atoms with Gasteiger partial charge in [0.2, 0.25) is 0 Å². The lowest BCUT2D eigenvalue weighted by molar-refractivity contribution is 0.107. The van der Waals surface area contributed by atoms with Gasteiger partial charge in [0, 0.05) is 11.3 Å². The fourth-order valence-corrected chi connectivity index (χ4v) is 3.50. The van der Waals surface area contributed by atoms with Gasteiger partial charge in [-0.05, 0) is 59.7 Å². The number of fused-ring (bicyclic) bond motifs is 1. The highest BCUT2D eigenvalue weighted by Gasteiger charge is 2.20. The molecular formula is C25H25FN2O4. The number of benzene rings is 3. The van der Waals surface area contributed by atoms with Crippen molar-refractivity contribution in [1.29, 1.82) is 0 Å². The van der Waals surface area contributed by atoms with E-state index in [0.29, 0.717) is 38.6 Å². The van der Waals surface area contributed by atoms with Crippen LogP contribution in [0, 0.1) is 5.82 Å². The summed E-state index contributed by atoms with van der Waals surface area (Å²) >= 11 is 0. The minimum Gasteiger partial charge on any atom is -0.497 e. The number of hydrogen-bond donors (Lipinski definition) is 1. The molecule has 6 nitrogen and oxygen atoms in total. The standard InChI is InChI=1S/C25H25FN2O4/c1-30-23-8-6-22(7-9-23)27-25(29)28-11-12-32-24-10-5-19(13-20(24)15-28)17-31-16-18-3-2-4-21(26)14-18/h2-10,13-14H,11-12,15-17H2,1H3,(H,27,29). The normalized spacial score (nSPS) is 13.0. The fraction of sp³-hybridized carbons (Fsp3) is 0.240. The molecule has 0 fully saturated rings. The SMILES string of the molecule is COc1ccc(NC(=O)N2CCOc3ccc(COCc4cccc(F)c4)cc3C2)cc1. The van der Waals surface area contributed by atoms with E-state index in [1.54, 1.807) is 42.3 Å². The third kappa shape index (κ3) is 5.56. The van der Waals surface area contributed by atoms with E-state index < -0.39 is 0 Å². The number of nitrogens with zero attached hydrogens (tertiary/aromatic N) is 1. The van der Waals surface area contributed by atoms with E-state index in [-0.39, 0.29) is 11.8 Å². The van der Waals surface area contributed by atoms with Gasteiger partial charge in [0.15, 0.2) is 0 Å². The fourth-order valence-electron chi connectivity index (χ4n) is 3.50. The van der Waals surface area contributed by atoms with Gasteiger partial charge in [-0.15, -0.1) is 0 Å². The number of ether oxygens (including phenoxy) is 3. The Morgan fingerprint density at radius 2 is 1.84 bits per heavy atom. The van der Waals surface area contributed by atoms with Crippen molar-refractivity contribution >= 4 is 11.7 Å². The molecule has 1 aliphatic heterocycles. The second-order valence-electron chi connectivity index (χ2n) is 7.49. The van der Waals surface area contributed by atoms with Gasteiger partial charge in [-0.25, -0.2) is 9.18 Å². The highest BCUT2D eigenvalue weighted by atomic mass is 19.1. The molecule has 0 saturated carbocycles. The van der Waals surface area contributed by atoms with Gasteiger partial charge in [0.1, 0.15) is 23.9 Å². The zero-order valence-corrected chi connectivity index (χ0v) is 17.8. The molecule has 1 heterocycles. The maximum absolute atomic E-state index is 13.3. The molecule has 0 spiro atoms. The number of anilines is 1. The van der Waals surface area contributed by atoms with E-state index in [4.69, 9.17) is 14.2 Å². The summed E-state index contributed by atoms with van der Waals surface area (Å²) in [5.41, 5.74) is 3.35. The quantitative estimate of drug-likeness (QED) is 0.592. The van der Waals surface area contributed by atoms with Crippen LogP contribution in [0.5, 0.6) is 11.5 Å². The second-order valence-corrected chi connectivity index (χ2v) is 7.49. The molecule has 1 aliphatic rings. The predicted molar refractivity (Wildman–Crippen MR) is 119 cm³/mol. The first-order valence-electron chi connectivity index (χ1n) is 10.4. The lowest BCUT2D eigenvalue weighted by Gasteiger charge is -2.20. The number of urea groups is 1. The average Bonchev–Trinajstić information content (AvgIpc) is 3.02. The minimum absolute atomic E-state index is 0.195. The molecule has 0 saturated heterocycles. The van der Waals surface area contributed by atoms with Crippen molar-refractivity contribution in [2.75, 3.05) is 25.6 Å². The summed E-state index contributed by atoms with van der Waals surface area (Å²) < 4.78 is 30.0. The van der Waals surface area contributed by atoms with Crippen molar-refractivity contribution in [2.24, 2.45) is 0 Å². The van der Waals surface area contributed by atoms with Crippen LogP contribution in [0.3, 0.4) is 0 Å². The zero-order valence-electron chi connectivity index (χ0n) is 17.8. The molecule has 4 rings (SSSR count). The number of amides is 2. The monoisotopic (exact) mass is 436 g/mol. The number of carbonyl (C=O) groups excluding carboxylic acids is 1. The van der Waals surface area contributed by atoms with Crippen LogP contribution in [0.2, 0.25) is 0 Å². The lowest BCUT2D eigenvalue weighted by Crippen LogP contribution is -2.36. The van der Waals surface area contributed by atoms with E-state index in [2.05, 4.69) is 5.32 Å². The summed E-state index contributed by atoms with van der Waals surface area (Å²) in [5, 5.41) is 2.91. The summed E-state index contributed by atoms with van der Waals surface area (Å²) in [6.45, 7) is 2.01. The summed E-state index contributed by atoms with van der Waals surface area (Å²) in [4.78, 5) is 14.5. The van der Waals surface area contributed by atoms with Crippen LogP contribution in [0.1, 0.15) is 16.7 Å². The van der Waals surface area contributed by atoms with Crippen LogP contribution >= 0.6 is 0 Å². The Hall–Kier alpha value is -3.58. The van der Waals surface area contributed by atoms with Crippen LogP contribution in [0.4, 0.5) is 14.9 Å². The van der Waals surface area contributed by atoms with Gasteiger partial charge in [0.05, 0.1) is 33.4 Å². The number of carbonyl (C=O) groups is 1. The van der Waals surface area contributed by atoms with Crippen molar-refractivity contribution < 1.29 is 23.4 Å². The van der Waals surface area contributed by atoms with Crippen LogP contribution in [-0.2, 0) is 24.5 Å². The van der Waals surface area contributed by atoms with Gasteiger partial charge >= 0.3 is 6.03 Å². The van der Waals surface area contributed by atoms with E-state index in [0.717, 1.165) is 28.2 Å². The number of rotatable bonds is 6. The number of hydrogen-bond acceptors (Lipinski definition) is 4. The highest BCUT2D eigenvalue weighted by Crippen LogP contribution is 2.25. The molecule has 1 N–H and O–H groups in total. The predicted octanol–water partition coefficient (Wildman–Crippen LogP) is 4.98. The Bertz CT molecular complexity index is 1070. The summed E-state index contributed by atoms with van der Waals surface area (Å²) in [5.74, 6) is 1.21. The summed E-state index contributed by atoms with van der Waals surface area (Å²) in [6.07, 6.45) is 0. The molecule has 0 unspecified atom stereocenters. The zero-order chi connectivity index (χ0) is 22.3. The molecule has 0 aliphatic carbocycles. The number of halogens is 1. The van der Waals surface area contributed by atoms with Crippen molar-refractivity contribution in [3.8, 4) is 11.5 Å². The maximum Gasteiger partial charge on any atom is 0.322 e. The van der Waals surface area contributed by atoms with E-state index in [1.165, 1.54) is 12.1 Å². The first-order valence-corrected chi connectivity index (χ1v) is 10.4. The van der Waals surface area contributed by atoms with Crippen LogP contribution in [0.25, 0.3) is 0 Å². The Balaban J connectivity index is 1.38. The Morgan fingerprint density at radius 3 is 2.59 bits per heavy atom. The summed E-state index contributed by atoms with van der Waals surface area (Å²) in [7, 11) is 1.60. The van der Waals surface area contributed by atoms with Gasteiger partial charge < -0.3 is 24.4 Å². The lowest BCUT2D eigenvalue weighted by atomic mass is 10.1. The number of nitrogens with one attached hydrogen (secondary N) is 1. The van der Waals surface area contributed by atoms with E-state index in [1.807, 2.05) is 24.3 Å². The summed E-state index contributed by atoms with van der Waals surface area (Å²) in [6, 6.07) is 19.2.